The van der Waals surface area contributed by atoms with Gasteiger partial charge in [0.25, 0.3) is 0 Å². The van der Waals surface area contributed by atoms with E-state index in [1.807, 2.05) is 48.5 Å². The van der Waals surface area contributed by atoms with Crippen LogP contribution in [0.25, 0.3) is 0 Å². The molecule has 2 aromatic carbocycles. The summed E-state index contributed by atoms with van der Waals surface area (Å²) in [6.45, 7) is 2.57. The smallest absolute Gasteiger partial charge is 0.180 e. The fourth-order valence-corrected chi connectivity index (χ4v) is 4.20. The number of carbonyl (C=O) groups excluding carboxylic acids is 1. The number of nitrogens with zero attached hydrogens (tertiary/aromatic N) is 3. The number of nitriles is 1. The first kappa shape index (κ1) is 16.0. The molecule has 4 rings (SSSR count). The lowest BCUT2D eigenvalue weighted by Crippen LogP contribution is -2.42. The first-order valence-corrected chi connectivity index (χ1v) is 8.80. The third-order valence-corrected chi connectivity index (χ3v) is 5.35. The Morgan fingerprint density at radius 1 is 1.04 bits per heavy atom. The number of ketones is 1. The predicted octanol–water partition coefficient (Wildman–Crippen LogP) is 2.93. The minimum atomic E-state index is -0.183. The Balaban J connectivity index is 1.55. The lowest BCUT2D eigenvalue weighted by atomic mass is 9.98. The minimum absolute atomic E-state index is 0.0443. The van der Waals surface area contributed by atoms with Gasteiger partial charge in [-0.1, -0.05) is 60.7 Å². The van der Waals surface area contributed by atoms with E-state index >= 15 is 0 Å². The van der Waals surface area contributed by atoms with Crippen molar-refractivity contribution >= 4 is 5.78 Å². The lowest BCUT2D eigenvalue weighted by molar-refractivity contribution is 0.0811. The van der Waals surface area contributed by atoms with E-state index in [4.69, 9.17) is 0 Å². The maximum absolute atomic E-state index is 12.9. The first-order valence-electron chi connectivity index (χ1n) is 8.80. The van der Waals surface area contributed by atoms with Crippen molar-refractivity contribution in [1.29, 1.82) is 5.26 Å². The number of fused-ring (bicyclic) bond motifs is 1. The third kappa shape index (κ3) is 2.97. The Labute approximate surface area is 148 Å². The second kappa shape index (κ2) is 6.79. The van der Waals surface area contributed by atoms with Crippen LogP contribution in [0.2, 0.25) is 0 Å². The molecule has 0 radical (unpaired) electrons. The molecule has 2 saturated heterocycles. The Kier molecular flexibility index (Phi) is 4.35. The fourth-order valence-electron chi connectivity index (χ4n) is 4.20. The third-order valence-electron chi connectivity index (χ3n) is 5.35. The van der Waals surface area contributed by atoms with Gasteiger partial charge in [-0.25, -0.2) is 0 Å². The standard InChI is InChI=1S/C21H21N3O/c22-14-18-13-19(20(25)17-9-5-2-6-10-17)24-12-11-23(21(18)24)15-16-7-3-1-4-8-16/h1-10,18-19,21H,11-13,15H2. The number of Topliss-reactive ketones (excluding diaryl/α,β-unsaturated/α-hetero) is 1. The molecule has 2 fully saturated rings. The molecule has 0 bridgehead atoms. The second-order valence-electron chi connectivity index (χ2n) is 6.82. The van der Waals surface area contributed by atoms with Gasteiger partial charge in [0.2, 0.25) is 0 Å². The van der Waals surface area contributed by atoms with E-state index in [0.717, 1.165) is 25.2 Å². The molecule has 2 heterocycles. The van der Waals surface area contributed by atoms with Crippen molar-refractivity contribution in [2.24, 2.45) is 5.92 Å². The van der Waals surface area contributed by atoms with E-state index in [1.54, 1.807) is 0 Å². The molecule has 25 heavy (non-hydrogen) atoms. The number of hydrogen-bond acceptors (Lipinski definition) is 4. The molecule has 126 valence electrons. The summed E-state index contributed by atoms with van der Waals surface area (Å²) in [5.41, 5.74) is 1.99. The largest absolute Gasteiger partial charge is 0.292 e. The molecule has 4 heteroatoms. The van der Waals surface area contributed by atoms with E-state index in [9.17, 15) is 10.1 Å². The Bertz CT molecular complexity index is 784. The SMILES string of the molecule is N#CC1CC(C(=O)c2ccccc2)N2CCN(Cc3ccccc3)C12. The summed E-state index contributed by atoms with van der Waals surface area (Å²) in [7, 11) is 0. The molecule has 4 nitrogen and oxygen atoms in total. The van der Waals surface area contributed by atoms with Crippen LogP contribution in [0.1, 0.15) is 22.3 Å². The van der Waals surface area contributed by atoms with Gasteiger partial charge in [0.1, 0.15) is 0 Å². The Hall–Kier alpha value is -2.48. The van der Waals surface area contributed by atoms with E-state index in [-0.39, 0.29) is 23.9 Å². The average molecular weight is 331 g/mol. The van der Waals surface area contributed by atoms with E-state index in [0.29, 0.717) is 6.42 Å². The van der Waals surface area contributed by atoms with Crippen LogP contribution >= 0.6 is 0 Å². The quantitative estimate of drug-likeness (QED) is 0.808. The highest BCUT2D eigenvalue weighted by molar-refractivity contribution is 6.00. The monoisotopic (exact) mass is 331 g/mol. The zero-order chi connectivity index (χ0) is 17.2. The molecule has 3 unspecified atom stereocenters. The molecule has 2 aliphatic heterocycles. The summed E-state index contributed by atoms with van der Waals surface area (Å²) in [6.07, 6.45) is 0.670. The molecule has 0 aliphatic carbocycles. The van der Waals surface area contributed by atoms with Gasteiger partial charge >= 0.3 is 0 Å². The second-order valence-corrected chi connectivity index (χ2v) is 6.82. The molecule has 0 spiro atoms. The van der Waals surface area contributed by atoms with Crippen molar-refractivity contribution in [1.82, 2.24) is 9.80 Å². The number of hydrogen-bond donors (Lipinski definition) is 0. The zero-order valence-electron chi connectivity index (χ0n) is 14.1. The lowest BCUT2D eigenvalue weighted by Gasteiger charge is -2.27. The van der Waals surface area contributed by atoms with Gasteiger partial charge in [-0.15, -0.1) is 0 Å². The van der Waals surface area contributed by atoms with Crippen LogP contribution in [0.4, 0.5) is 0 Å². The number of benzene rings is 2. The highest BCUT2D eigenvalue weighted by Gasteiger charge is 2.50. The summed E-state index contributed by atoms with van der Waals surface area (Å²) < 4.78 is 0. The predicted molar refractivity (Wildman–Crippen MR) is 95.6 cm³/mol. The van der Waals surface area contributed by atoms with Crippen molar-refractivity contribution in [3.05, 3.63) is 71.8 Å². The number of carbonyl (C=O) groups is 1. The maximum atomic E-state index is 12.9. The molecule has 0 aromatic heterocycles. The Morgan fingerprint density at radius 3 is 2.40 bits per heavy atom. The minimum Gasteiger partial charge on any atom is -0.292 e. The van der Waals surface area contributed by atoms with Crippen LogP contribution in [0.5, 0.6) is 0 Å². The first-order chi connectivity index (χ1) is 12.3. The van der Waals surface area contributed by atoms with Gasteiger partial charge in [-0.2, -0.15) is 5.26 Å². The van der Waals surface area contributed by atoms with Crippen molar-refractivity contribution in [3.63, 3.8) is 0 Å². The number of rotatable bonds is 4. The van der Waals surface area contributed by atoms with Crippen molar-refractivity contribution in [2.45, 2.75) is 25.2 Å². The molecule has 0 amide bonds. The summed E-state index contributed by atoms with van der Waals surface area (Å²) in [6, 6.07) is 22.1. The summed E-state index contributed by atoms with van der Waals surface area (Å²) in [5, 5.41) is 9.65. The van der Waals surface area contributed by atoms with Crippen LogP contribution in [0, 0.1) is 17.2 Å². The van der Waals surface area contributed by atoms with Gasteiger partial charge in [0, 0.05) is 25.2 Å². The van der Waals surface area contributed by atoms with Crippen LogP contribution in [0.15, 0.2) is 60.7 Å². The molecule has 3 atom stereocenters. The molecular formula is C21H21N3O. The van der Waals surface area contributed by atoms with Crippen LogP contribution in [-0.4, -0.2) is 40.9 Å². The van der Waals surface area contributed by atoms with Gasteiger partial charge in [-0.3, -0.25) is 14.6 Å². The highest BCUT2D eigenvalue weighted by atomic mass is 16.1. The summed E-state index contributed by atoms with van der Waals surface area (Å²) in [4.78, 5) is 17.5. The van der Waals surface area contributed by atoms with E-state index in [2.05, 4.69) is 28.0 Å². The zero-order valence-corrected chi connectivity index (χ0v) is 14.1. The molecule has 2 aromatic rings. The van der Waals surface area contributed by atoms with Gasteiger partial charge in [0.05, 0.1) is 24.2 Å². The van der Waals surface area contributed by atoms with Gasteiger partial charge in [-0.05, 0) is 12.0 Å². The van der Waals surface area contributed by atoms with Crippen molar-refractivity contribution in [2.75, 3.05) is 13.1 Å². The molecular weight excluding hydrogens is 310 g/mol. The topological polar surface area (TPSA) is 47.3 Å². The van der Waals surface area contributed by atoms with Gasteiger partial charge < -0.3 is 0 Å². The highest BCUT2D eigenvalue weighted by Crippen LogP contribution is 2.37. The molecule has 2 aliphatic rings. The average Bonchev–Trinajstić information content (AvgIpc) is 3.24. The van der Waals surface area contributed by atoms with Crippen LogP contribution < -0.4 is 0 Å². The van der Waals surface area contributed by atoms with Gasteiger partial charge in [0.15, 0.2) is 5.78 Å². The summed E-state index contributed by atoms with van der Waals surface area (Å²) >= 11 is 0. The van der Waals surface area contributed by atoms with Crippen LogP contribution in [-0.2, 0) is 6.54 Å². The Morgan fingerprint density at radius 2 is 1.72 bits per heavy atom. The van der Waals surface area contributed by atoms with Crippen molar-refractivity contribution < 1.29 is 4.79 Å². The molecule has 0 N–H and O–H groups in total. The van der Waals surface area contributed by atoms with E-state index in [1.165, 1.54) is 5.56 Å². The van der Waals surface area contributed by atoms with E-state index < -0.39 is 0 Å². The van der Waals surface area contributed by atoms with Crippen molar-refractivity contribution in [3.8, 4) is 6.07 Å². The maximum Gasteiger partial charge on any atom is 0.180 e. The fraction of sp³-hybridized carbons (Fsp3) is 0.333. The normalized spacial score (nSPS) is 26.3. The molecule has 0 saturated carbocycles. The van der Waals surface area contributed by atoms with Crippen LogP contribution in [0.3, 0.4) is 0 Å². The summed E-state index contributed by atoms with van der Waals surface area (Å²) in [5.74, 6) is 0.0220.